The summed E-state index contributed by atoms with van der Waals surface area (Å²) >= 11 is 6.13. The normalized spacial score (nSPS) is 14.5. The number of rotatable bonds is 5. The Labute approximate surface area is 166 Å². The molecule has 0 unspecified atom stereocenters. The van der Waals surface area contributed by atoms with E-state index in [1.807, 2.05) is 0 Å². The number of nitrogens with zero attached hydrogens (tertiary/aromatic N) is 1. The van der Waals surface area contributed by atoms with Gasteiger partial charge < -0.3 is 18.9 Å². The van der Waals surface area contributed by atoms with Crippen LogP contribution in [0.4, 0.5) is 0 Å². The molecule has 8 heteroatoms. The van der Waals surface area contributed by atoms with E-state index in [2.05, 4.69) is 4.99 Å². The molecule has 0 saturated carbocycles. The molecule has 3 rings (SSSR count). The van der Waals surface area contributed by atoms with E-state index in [0.717, 1.165) is 0 Å². The molecule has 0 atom stereocenters. The zero-order chi connectivity index (χ0) is 20.3. The van der Waals surface area contributed by atoms with E-state index >= 15 is 0 Å². The van der Waals surface area contributed by atoms with Gasteiger partial charge in [0.1, 0.15) is 0 Å². The minimum Gasteiger partial charge on any atom is -0.493 e. The lowest BCUT2D eigenvalue weighted by molar-refractivity contribution is -0.132. The van der Waals surface area contributed by atoms with Gasteiger partial charge in [0.2, 0.25) is 11.6 Å². The summed E-state index contributed by atoms with van der Waals surface area (Å²) in [7, 11) is 2.85. The van der Waals surface area contributed by atoms with Crippen molar-refractivity contribution < 1.29 is 28.5 Å². The Morgan fingerprint density at radius 2 is 1.79 bits per heavy atom. The van der Waals surface area contributed by atoms with Gasteiger partial charge in [-0.2, -0.15) is 0 Å². The van der Waals surface area contributed by atoms with Crippen LogP contribution in [0.15, 0.2) is 47.1 Å². The molecule has 1 aliphatic rings. The molecule has 0 aromatic heterocycles. The van der Waals surface area contributed by atoms with E-state index in [1.54, 1.807) is 36.4 Å². The SMILES string of the molecule is COc1cc(C=C2N=C(c3ccccc3Cl)OC2=O)cc(OC)c1OC(C)=O. The molecule has 0 N–H and O–H groups in total. The highest BCUT2D eigenvalue weighted by Gasteiger charge is 2.26. The lowest BCUT2D eigenvalue weighted by Gasteiger charge is -2.13. The van der Waals surface area contributed by atoms with E-state index in [9.17, 15) is 9.59 Å². The molecule has 0 spiro atoms. The fourth-order valence-electron chi connectivity index (χ4n) is 2.54. The highest BCUT2D eigenvalue weighted by molar-refractivity contribution is 6.34. The van der Waals surface area contributed by atoms with Crippen molar-refractivity contribution in [3.05, 3.63) is 58.2 Å². The van der Waals surface area contributed by atoms with Crippen LogP contribution < -0.4 is 14.2 Å². The average molecular weight is 402 g/mol. The van der Waals surface area contributed by atoms with Gasteiger partial charge in [0, 0.05) is 6.92 Å². The standard InChI is InChI=1S/C20H16ClNO6/c1-11(23)27-18-16(25-2)9-12(10-17(18)26-3)8-15-20(24)28-19(22-15)13-6-4-5-7-14(13)21/h4-10H,1-3H3. The minimum absolute atomic E-state index is 0.0827. The largest absolute Gasteiger partial charge is 0.493 e. The van der Waals surface area contributed by atoms with E-state index in [1.165, 1.54) is 27.2 Å². The number of esters is 2. The van der Waals surface area contributed by atoms with Crippen molar-refractivity contribution in [1.29, 1.82) is 0 Å². The molecule has 0 radical (unpaired) electrons. The average Bonchev–Trinajstić information content (AvgIpc) is 3.02. The summed E-state index contributed by atoms with van der Waals surface area (Å²) < 4.78 is 20.9. The molecule has 7 nitrogen and oxygen atoms in total. The Bertz CT molecular complexity index is 987. The number of methoxy groups -OCH3 is 2. The van der Waals surface area contributed by atoms with Crippen molar-refractivity contribution in [3.63, 3.8) is 0 Å². The summed E-state index contributed by atoms with van der Waals surface area (Å²) in [6, 6.07) is 10.1. The second-order valence-electron chi connectivity index (χ2n) is 5.66. The predicted octanol–water partition coefficient (Wildman–Crippen LogP) is 3.63. The first kappa shape index (κ1) is 19.4. The lowest BCUT2D eigenvalue weighted by atomic mass is 10.1. The van der Waals surface area contributed by atoms with Crippen LogP contribution in [0, 0.1) is 0 Å². The van der Waals surface area contributed by atoms with Crippen LogP contribution >= 0.6 is 11.6 Å². The zero-order valence-corrected chi connectivity index (χ0v) is 16.1. The van der Waals surface area contributed by atoms with Gasteiger partial charge >= 0.3 is 11.9 Å². The Hall–Kier alpha value is -3.32. The second-order valence-corrected chi connectivity index (χ2v) is 6.07. The molecule has 0 saturated heterocycles. The molecular formula is C20H16ClNO6. The molecule has 2 aromatic carbocycles. The molecule has 0 bridgehead atoms. The van der Waals surface area contributed by atoms with Crippen LogP contribution in [0.25, 0.3) is 6.08 Å². The van der Waals surface area contributed by atoms with Crippen molar-refractivity contribution in [1.82, 2.24) is 0 Å². The van der Waals surface area contributed by atoms with Gasteiger partial charge in [-0.1, -0.05) is 23.7 Å². The maximum Gasteiger partial charge on any atom is 0.363 e. The first-order chi connectivity index (χ1) is 13.4. The highest BCUT2D eigenvalue weighted by Crippen LogP contribution is 2.39. The van der Waals surface area contributed by atoms with Crippen LogP contribution in [-0.2, 0) is 14.3 Å². The van der Waals surface area contributed by atoms with Gasteiger partial charge in [-0.3, -0.25) is 4.79 Å². The number of hydrogen-bond acceptors (Lipinski definition) is 7. The highest BCUT2D eigenvalue weighted by atomic mass is 35.5. The number of carbonyl (C=O) groups is 2. The topological polar surface area (TPSA) is 83.4 Å². The first-order valence-corrected chi connectivity index (χ1v) is 8.52. The number of carbonyl (C=O) groups excluding carboxylic acids is 2. The van der Waals surface area contributed by atoms with Crippen molar-refractivity contribution in [2.75, 3.05) is 14.2 Å². The molecule has 2 aromatic rings. The van der Waals surface area contributed by atoms with Crippen LogP contribution in [0.2, 0.25) is 5.02 Å². The van der Waals surface area contributed by atoms with Crippen LogP contribution in [-0.4, -0.2) is 32.1 Å². The van der Waals surface area contributed by atoms with E-state index in [0.29, 0.717) is 16.1 Å². The van der Waals surface area contributed by atoms with Crippen LogP contribution in [0.3, 0.4) is 0 Å². The Morgan fingerprint density at radius 3 is 2.36 bits per heavy atom. The summed E-state index contributed by atoms with van der Waals surface area (Å²) in [5.74, 6) is -0.328. The quantitative estimate of drug-likeness (QED) is 0.432. The number of halogens is 1. The number of hydrogen-bond donors (Lipinski definition) is 0. The summed E-state index contributed by atoms with van der Waals surface area (Å²) in [6.07, 6.45) is 1.51. The first-order valence-electron chi connectivity index (χ1n) is 8.15. The monoisotopic (exact) mass is 401 g/mol. The maximum atomic E-state index is 12.2. The summed E-state index contributed by atoms with van der Waals surface area (Å²) in [6.45, 7) is 1.27. The minimum atomic E-state index is -0.614. The fraction of sp³-hybridized carbons (Fsp3) is 0.150. The molecule has 0 fully saturated rings. The lowest BCUT2D eigenvalue weighted by Crippen LogP contribution is -2.06. The van der Waals surface area contributed by atoms with Gasteiger partial charge in [-0.05, 0) is 35.9 Å². The van der Waals surface area contributed by atoms with Gasteiger partial charge in [0.25, 0.3) is 0 Å². The van der Waals surface area contributed by atoms with Crippen molar-refractivity contribution in [2.45, 2.75) is 6.92 Å². The summed E-state index contributed by atoms with van der Waals surface area (Å²) in [4.78, 5) is 27.8. The van der Waals surface area contributed by atoms with Crippen LogP contribution in [0.5, 0.6) is 17.2 Å². The van der Waals surface area contributed by atoms with Crippen molar-refractivity contribution in [2.24, 2.45) is 4.99 Å². The third kappa shape index (κ3) is 3.99. The van der Waals surface area contributed by atoms with E-state index in [-0.39, 0.29) is 28.8 Å². The summed E-state index contributed by atoms with van der Waals surface area (Å²) in [5, 5.41) is 0.421. The Morgan fingerprint density at radius 1 is 1.14 bits per heavy atom. The number of ether oxygens (including phenoxy) is 4. The number of aliphatic imine (C=N–C) groups is 1. The third-order valence-electron chi connectivity index (χ3n) is 3.76. The fourth-order valence-corrected chi connectivity index (χ4v) is 2.76. The Balaban J connectivity index is 2.02. The van der Waals surface area contributed by atoms with Gasteiger partial charge in [0.15, 0.2) is 17.2 Å². The molecule has 144 valence electrons. The smallest absolute Gasteiger partial charge is 0.363 e. The van der Waals surface area contributed by atoms with Crippen LogP contribution in [0.1, 0.15) is 18.1 Å². The molecule has 0 amide bonds. The molecule has 0 aliphatic carbocycles. The summed E-state index contributed by atoms with van der Waals surface area (Å²) in [5.41, 5.74) is 1.14. The van der Waals surface area contributed by atoms with Crippen molar-refractivity contribution >= 4 is 35.5 Å². The van der Waals surface area contributed by atoms with E-state index in [4.69, 9.17) is 30.5 Å². The Kier molecular flexibility index (Phi) is 5.65. The molecule has 1 heterocycles. The molecular weight excluding hydrogens is 386 g/mol. The number of cyclic esters (lactones) is 1. The van der Waals surface area contributed by atoms with Gasteiger partial charge in [-0.25, -0.2) is 9.79 Å². The van der Waals surface area contributed by atoms with Gasteiger partial charge in [-0.15, -0.1) is 0 Å². The van der Waals surface area contributed by atoms with E-state index < -0.39 is 11.9 Å². The maximum absolute atomic E-state index is 12.2. The third-order valence-corrected chi connectivity index (χ3v) is 4.09. The number of benzene rings is 2. The molecule has 1 aliphatic heterocycles. The molecule has 28 heavy (non-hydrogen) atoms. The predicted molar refractivity (Wildman–Crippen MR) is 103 cm³/mol. The van der Waals surface area contributed by atoms with Crippen molar-refractivity contribution in [3.8, 4) is 17.2 Å². The zero-order valence-electron chi connectivity index (χ0n) is 15.3. The van der Waals surface area contributed by atoms with Gasteiger partial charge in [0.05, 0.1) is 24.8 Å². The second kappa shape index (κ2) is 8.14.